The summed E-state index contributed by atoms with van der Waals surface area (Å²) in [5, 5.41) is 0. The molecule has 1 unspecified atom stereocenters. The smallest absolute Gasteiger partial charge is 0.126 e. The molecule has 0 aliphatic carbocycles. The number of halogens is 2. The van der Waals surface area contributed by atoms with Gasteiger partial charge < -0.3 is 5.73 Å². The Bertz CT molecular complexity index is 512. The summed E-state index contributed by atoms with van der Waals surface area (Å²) in [5.41, 5.74) is 6.55. The van der Waals surface area contributed by atoms with Crippen LogP contribution >= 0.6 is 27.3 Å². The minimum Gasteiger partial charge on any atom is -0.330 e. The SMILES string of the molecule is NCC(Cc1ccc(Br)s1)Cc1ccccc1F. The Labute approximate surface area is 119 Å². The Morgan fingerprint density at radius 2 is 1.94 bits per heavy atom. The van der Waals surface area contributed by atoms with Gasteiger partial charge >= 0.3 is 0 Å². The van der Waals surface area contributed by atoms with Crippen LogP contribution in [0.1, 0.15) is 10.4 Å². The Balaban J connectivity index is 2.04. The van der Waals surface area contributed by atoms with E-state index in [-0.39, 0.29) is 11.7 Å². The first-order valence-corrected chi connectivity index (χ1v) is 7.47. The predicted molar refractivity (Wildman–Crippen MR) is 78.4 cm³/mol. The van der Waals surface area contributed by atoms with Crippen LogP contribution in [0.25, 0.3) is 0 Å². The highest BCUT2D eigenvalue weighted by Gasteiger charge is 2.12. The summed E-state index contributed by atoms with van der Waals surface area (Å²) in [7, 11) is 0. The number of benzene rings is 1. The van der Waals surface area contributed by atoms with E-state index >= 15 is 0 Å². The van der Waals surface area contributed by atoms with Gasteiger partial charge in [-0.05, 0) is 65.0 Å². The lowest BCUT2D eigenvalue weighted by Crippen LogP contribution is -2.19. The lowest BCUT2D eigenvalue weighted by molar-refractivity contribution is 0.515. The lowest BCUT2D eigenvalue weighted by atomic mass is 9.95. The number of nitrogens with two attached hydrogens (primary N) is 1. The van der Waals surface area contributed by atoms with Gasteiger partial charge in [-0.3, -0.25) is 0 Å². The number of hydrogen-bond donors (Lipinski definition) is 1. The molecule has 1 nitrogen and oxygen atoms in total. The van der Waals surface area contributed by atoms with Crippen LogP contribution in [0.15, 0.2) is 40.2 Å². The fraction of sp³-hybridized carbons (Fsp3) is 0.286. The van der Waals surface area contributed by atoms with E-state index in [1.54, 1.807) is 17.4 Å². The van der Waals surface area contributed by atoms with E-state index in [1.165, 1.54) is 10.9 Å². The summed E-state index contributed by atoms with van der Waals surface area (Å²) in [6, 6.07) is 11.1. The minimum atomic E-state index is -0.136. The van der Waals surface area contributed by atoms with E-state index in [9.17, 15) is 4.39 Å². The van der Waals surface area contributed by atoms with Crippen LogP contribution in [0.3, 0.4) is 0 Å². The summed E-state index contributed by atoms with van der Waals surface area (Å²) < 4.78 is 14.7. The molecule has 0 fully saturated rings. The topological polar surface area (TPSA) is 26.0 Å². The molecule has 2 aromatic rings. The molecule has 0 amide bonds. The van der Waals surface area contributed by atoms with Crippen LogP contribution in [0.5, 0.6) is 0 Å². The molecule has 1 aromatic carbocycles. The van der Waals surface area contributed by atoms with Gasteiger partial charge in [0.1, 0.15) is 5.82 Å². The maximum Gasteiger partial charge on any atom is 0.126 e. The maximum absolute atomic E-state index is 13.6. The van der Waals surface area contributed by atoms with Gasteiger partial charge in [-0.1, -0.05) is 18.2 Å². The third-order valence-corrected chi connectivity index (χ3v) is 4.56. The molecule has 0 aliphatic heterocycles. The van der Waals surface area contributed by atoms with Crippen molar-refractivity contribution >= 4 is 27.3 Å². The zero-order valence-corrected chi connectivity index (χ0v) is 12.3. The summed E-state index contributed by atoms with van der Waals surface area (Å²) in [6.07, 6.45) is 1.60. The van der Waals surface area contributed by atoms with Crippen LogP contribution in [0.2, 0.25) is 0 Å². The predicted octanol–water partition coefficient (Wildman–Crippen LogP) is 4.01. The lowest BCUT2D eigenvalue weighted by Gasteiger charge is -2.14. The highest BCUT2D eigenvalue weighted by molar-refractivity contribution is 9.11. The molecule has 0 saturated carbocycles. The van der Waals surface area contributed by atoms with Gasteiger partial charge in [-0.15, -0.1) is 11.3 Å². The molecular formula is C14H15BrFNS. The Kier molecular flexibility index (Phi) is 4.92. The summed E-state index contributed by atoms with van der Waals surface area (Å²) in [6.45, 7) is 0.573. The molecule has 1 atom stereocenters. The molecule has 4 heteroatoms. The summed E-state index contributed by atoms with van der Waals surface area (Å²) in [4.78, 5) is 1.29. The number of thiophene rings is 1. The first-order chi connectivity index (χ1) is 8.69. The average Bonchev–Trinajstić information content (AvgIpc) is 2.76. The second-order valence-corrected chi connectivity index (χ2v) is 6.85. The van der Waals surface area contributed by atoms with Gasteiger partial charge in [0.25, 0.3) is 0 Å². The van der Waals surface area contributed by atoms with Crippen molar-refractivity contribution in [1.82, 2.24) is 0 Å². The van der Waals surface area contributed by atoms with E-state index in [2.05, 4.69) is 22.0 Å². The molecule has 2 N–H and O–H groups in total. The van der Waals surface area contributed by atoms with E-state index in [1.807, 2.05) is 18.2 Å². The van der Waals surface area contributed by atoms with E-state index < -0.39 is 0 Å². The largest absolute Gasteiger partial charge is 0.330 e. The fourth-order valence-corrected chi connectivity index (χ4v) is 3.56. The molecule has 96 valence electrons. The first-order valence-electron chi connectivity index (χ1n) is 5.86. The highest BCUT2D eigenvalue weighted by atomic mass is 79.9. The van der Waals surface area contributed by atoms with Crippen LogP contribution < -0.4 is 5.73 Å². The van der Waals surface area contributed by atoms with Gasteiger partial charge in [0, 0.05) is 4.88 Å². The second kappa shape index (κ2) is 6.45. The van der Waals surface area contributed by atoms with Crippen molar-refractivity contribution in [1.29, 1.82) is 0 Å². The van der Waals surface area contributed by atoms with Gasteiger partial charge in [0.15, 0.2) is 0 Å². The molecule has 1 heterocycles. The van der Waals surface area contributed by atoms with Gasteiger partial charge in [-0.2, -0.15) is 0 Å². The molecule has 0 bridgehead atoms. The molecular weight excluding hydrogens is 313 g/mol. The van der Waals surface area contributed by atoms with Crippen molar-refractivity contribution in [2.75, 3.05) is 6.54 Å². The van der Waals surface area contributed by atoms with Crippen molar-refractivity contribution in [3.63, 3.8) is 0 Å². The molecule has 0 radical (unpaired) electrons. The quantitative estimate of drug-likeness (QED) is 0.882. The van der Waals surface area contributed by atoms with Crippen LogP contribution in [-0.4, -0.2) is 6.54 Å². The number of rotatable bonds is 5. The monoisotopic (exact) mass is 327 g/mol. The Morgan fingerprint density at radius 3 is 2.56 bits per heavy atom. The zero-order chi connectivity index (χ0) is 13.0. The Morgan fingerprint density at radius 1 is 1.17 bits per heavy atom. The molecule has 18 heavy (non-hydrogen) atoms. The fourth-order valence-electron chi connectivity index (χ4n) is 1.96. The van der Waals surface area contributed by atoms with Gasteiger partial charge in [0.2, 0.25) is 0 Å². The molecule has 0 aliphatic rings. The van der Waals surface area contributed by atoms with Crippen molar-refractivity contribution in [3.8, 4) is 0 Å². The van der Waals surface area contributed by atoms with Crippen LogP contribution in [-0.2, 0) is 12.8 Å². The van der Waals surface area contributed by atoms with Crippen molar-refractivity contribution in [2.45, 2.75) is 12.8 Å². The number of hydrogen-bond acceptors (Lipinski definition) is 2. The normalized spacial score (nSPS) is 12.6. The van der Waals surface area contributed by atoms with Crippen molar-refractivity contribution < 1.29 is 4.39 Å². The molecule has 0 saturated heterocycles. The maximum atomic E-state index is 13.6. The van der Waals surface area contributed by atoms with E-state index in [0.29, 0.717) is 13.0 Å². The zero-order valence-electron chi connectivity index (χ0n) is 9.90. The van der Waals surface area contributed by atoms with Crippen LogP contribution in [0.4, 0.5) is 4.39 Å². The summed E-state index contributed by atoms with van der Waals surface area (Å²) >= 11 is 5.16. The van der Waals surface area contributed by atoms with Crippen LogP contribution in [0, 0.1) is 11.7 Å². The molecule has 1 aromatic heterocycles. The van der Waals surface area contributed by atoms with E-state index in [0.717, 1.165) is 15.8 Å². The standard InChI is InChI=1S/C14H15BrFNS/c15-14-6-5-12(18-14)8-10(9-17)7-11-3-1-2-4-13(11)16/h1-6,10H,7-9,17H2. The summed E-state index contributed by atoms with van der Waals surface area (Å²) in [5.74, 6) is 0.149. The van der Waals surface area contributed by atoms with Gasteiger partial charge in [-0.25, -0.2) is 4.39 Å². The van der Waals surface area contributed by atoms with Crippen molar-refractivity contribution in [3.05, 3.63) is 56.4 Å². The second-order valence-electron chi connectivity index (χ2n) is 4.31. The molecule has 2 rings (SSSR count). The van der Waals surface area contributed by atoms with Gasteiger partial charge in [0.05, 0.1) is 3.79 Å². The highest BCUT2D eigenvalue weighted by Crippen LogP contribution is 2.25. The van der Waals surface area contributed by atoms with Crippen molar-refractivity contribution in [2.24, 2.45) is 11.7 Å². The average molecular weight is 328 g/mol. The first kappa shape index (κ1) is 13.7. The third kappa shape index (κ3) is 3.64. The Hall–Kier alpha value is -0.710. The van der Waals surface area contributed by atoms with E-state index in [4.69, 9.17) is 5.73 Å². The minimum absolute atomic E-state index is 0.136. The third-order valence-electron chi connectivity index (χ3n) is 2.92. The molecule has 0 spiro atoms.